The molecule has 1 saturated heterocycles. The van der Waals surface area contributed by atoms with E-state index in [-0.39, 0.29) is 24.2 Å². The van der Waals surface area contributed by atoms with Gasteiger partial charge in [0.25, 0.3) is 0 Å². The predicted octanol–water partition coefficient (Wildman–Crippen LogP) is 4.10. The summed E-state index contributed by atoms with van der Waals surface area (Å²) in [5.41, 5.74) is -8.04. The van der Waals surface area contributed by atoms with Crippen LogP contribution in [0.15, 0.2) is 41.5 Å². The van der Waals surface area contributed by atoms with Crippen molar-refractivity contribution >= 4 is 35.8 Å². The average molecular weight is 856 g/mol. The Morgan fingerprint density at radius 3 is 2.13 bits per heavy atom. The number of fused-ring (bicyclic) bond motifs is 5. The van der Waals surface area contributed by atoms with Gasteiger partial charge in [-0.25, -0.2) is 9.59 Å². The number of carbonyl (C=O) groups excluding carboxylic acids is 6. The lowest BCUT2D eigenvalue weighted by atomic mass is 9.44. The molecule has 1 aromatic rings. The Morgan fingerprint density at radius 2 is 1.57 bits per heavy atom. The van der Waals surface area contributed by atoms with Crippen LogP contribution in [0.2, 0.25) is 0 Å². The zero-order valence-corrected chi connectivity index (χ0v) is 36.5. The molecule has 11 atom stereocenters. The maximum Gasteiger partial charge on any atom is 0.408 e. The van der Waals surface area contributed by atoms with E-state index in [4.69, 9.17) is 28.4 Å². The maximum absolute atomic E-state index is 15.5. The highest BCUT2D eigenvalue weighted by molar-refractivity contribution is 5.95. The van der Waals surface area contributed by atoms with Crippen molar-refractivity contribution in [1.29, 1.82) is 0 Å². The number of ketones is 1. The van der Waals surface area contributed by atoms with Gasteiger partial charge >= 0.3 is 30.0 Å². The van der Waals surface area contributed by atoms with Gasteiger partial charge in [0.2, 0.25) is 0 Å². The van der Waals surface area contributed by atoms with Crippen LogP contribution in [-0.2, 0) is 52.4 Å². The molecule has 16 nitrogen and oxygen atoms in total. The van der Waals surface area contributed by atoms with E-state index in [1.807, 2.05) is 0 Å². The lowest BCUT2D eigenvalue weighted by Crippen LogP contribution is -2.82. The Labute approximate surface area is 356 Å². The normalized spacial score (nSPS) is 34.4. The zero-order chi connectivity index (χ0) is 45.0. The number of nitrogens with one attached hydrogen (secondary N) is 1. The minimum absolute atomic E-state index is 0.0272. The first kappa shape index (κ1) is 46.1. The van der Waals surface area contributed by atoms with E-state index in [2.05, 4.69) is 5.32 Å². The highest BCUT2D eigenvalue weighted by Crippen LogP contribution is 2.64. The molecule has 2 bridgehead atoms. The highest BCUT2D eigenvalue weighted by Gasteiger charge is 2.78. The van der Waals surface area contributed by atoms with Crippen LogP contribution in [0.4, 0.5) is 4.79 Å². The van der Waals surface area contributed by atoms with E-state index in [0.29, 0.717) is 18.4 Å². The fraction of sp³-hybridized carbons (Fsp3) is 0.689. The number of benzene rings is 1. The molecule has 6 rings (SSSR count). The lowest BCUT2D eigenvalue weighted by molar-refractivity contribution is -0.347. The number of aliphatic hydroxyl groups is 3. The van der Waals surface area contributed by atoms with Crippen LogP contribution in [0.25, 0.3) is 0 Å². The van der Waals surface area contributed by atoms with Gasteiger partial charge in [-0.05, 0) is 64.2 Å². The monoisotopic (exact) mass is 855 g/mol. The molecule has 16 heteroatoms. The molecule has 4 aliphatic carbocycles. The van der Waals surface area contributed by atoms with Gasteiger partial charge in [0.15, 0.2) is 23.6 Å². The lowest BCUT2D eigenvalue weighted by Gasteiger charge is -2.67. The van der Waals surface area contributed by atoms with Gasteiger partial charge < -0.3 is 49.1 Å². The number of aliphatic hydroxyl groups excluding tert-OH is 2. The van der Waals surface area contributed by atoms with Gasteiger partial charge in [0, 0.05) is 32.1 Å². The summed E-state index contributed by atoms with van der Waals surface area (Å²) < 4.78 is 35.9. The summed E-state index contributed by atoms with van der Waals surface area (Å²) in [7, 11) is 0. The molecule has 4 N–H and O–H groups in total. The Morgan fingerprint density at radius 1 is 0.934 bits per heavy atom. The van der Waals surface area contributed by atoms with E-state index >= 15 is 4.79 Å². The van der Waals surface area contributed by atoms with Gasteiger partial charge in [-0.2, -0.15) is 0 Å². The number of hydrogen-bond acceptors (Lipinski definition) is 15. The molecule has 1 amide bonds. The summed E-state index contributed by atoms with van der Waals surface area (Å²) in [6.45, 7) is 13.1. The zero-order valence-electron chi connectivity index (χ0n) is 36.5. The molecule has 0 radical (unpaired) electrons. The molecule has 0 spiro atoms. The molecular weight excluding hydrogens is 794 g/mol. The second-order valence-corrected chi connectivity index (χ2v) is 19.2. The molecular formula is C45H61NO15. The fourth-order valence-corrected chi connectivity index (χ4v) is 10.6. The molecule has 1 heterocycles. The number of hydrogen-bond donors (Lipinski definition) is 4. The summed E-state index contributed by atoms with van der Waals surface area (Å²) in [6, 6.07) is 6.80. The molecule has 1 unspecified atom stereocenters. The van der Waals surface area contributed by atoms with Crippen LogP contribution in [0.3, 0.4) is 0 Å². The number of ether oxygens (including phenoxy) is 6. The van der Waals surface area contributed by atoms with Crippen molar-refractivity contribution in [3.05, 3.63) is 47.0 Å². The molecule has 3 saturated carbocycles. The second-order valence-electron chi connectivity index (χ2n) is 19.2. The Bertz CT molecular complexity index is 1930. The molecule has 61 heavy (non-hydrogen) atoms. The molecule has 4 fully saturated rings. The van der Waals surface area contributed by atoms with Crippen molar-refractivity contribution in [2.75, 3.05) is 6.61 Å². The summed E-state index contributed by atoms with van der Waals surface area (Å²) in [4.78, 5) is 83.1. The first-order chi connectivity index (χ1) is 28.4. The Hall–Kier alpha value is -4.38. The standard InChI is InChI=1S/C45H61NO15/c1-23-28(58-39(53)33(50)32(26-16-12-10-13-17-26)46-40(54)61-41(4,5)6)21-45(55)37(59-38(52)27-18-14-11-15-19-27)35-43(9,29(49)20-30-44(35,22-56-30)60-25(3)48)36(51)34(57-24(2)47)31(23)42(45,7)8/h10,12-13,16-17,27-30,32-35,37,49-50,55H,11,14-15,18-22H2,1-9H3,(H,46,54)/t28-,29-,30+,32-,33+,34+,35?,37-,43+,44-,45+/m0/s1. The van der Waals surface area contributed by atoms with Crippen LogP contribution in [0.1, 0.15) is 119 Å². The van der Waals surface area contributed by atoms with Crippen molar-refractivity contribution in [2.24, 2.45) is 22.7 Å². The van der Waals surface area contributed by atoms with Crippen LogP contribution < -0.4 is 5.32 Å². The van der Waals surface area contributed by atoms with E-state index in [1.54, 1.807) is 65.0 Å². The first-order valence-corrected chi connectivity index (χ1v) is 21.2. The summed E-state index contributed by atoms with van der Waals surface area (Å²) in [5, 5.41) is 40.0. The first-order valence-electron chi connectivity index (χ1n) is 21.2. The predicted molar refractivity (Wildman–Crippen MR) is 214 cm³/mol. The highest BCUT2D eigenvalue weighted by atomic mass is 16.6. The van der Waals surface area contributed by atoms with Crippen molar-refractivity contribution < 1.29 is 72.5 Å². The topological polar surface area (TPSA) is 231 Å². The minimum Gasteiger partial charge on any atom is -0.459 e. The number of alkyl carbamates (subject to hydrolysis) is 1. The van der Waals surface area contributed by atoms with E-state index < -0.39 is 124 Å². The van der Waals surface area contributed by atoms with Crippen LogP contribution in [-0.4, -0.2) is 111 Å². The van der Waals surface area contributed by atoms with Gasteiger partial charge in [-0.15, -0.1) is 0 Å². The van der Waals surface area contributed by atoms with E-state index in [1.165, 1.54) is 20.8 Å². The van der Waals surface area contributed by atoms with Crippen molar-refractivity contribution in [2.45, 2.75) is 167 Å². The third kappa shape index (κ3) is 8.20. The van der Waals surface area contributed by atoms with Crippen molar-refractivity contribution in [3.8, 4) is 0 Å². The van der Waals surface area contributed by atoms with Gasteiger partial charge in [0.05, 0.1) is 36.0 Å². The van der Waals surface area contributed by atoms with Crippen LogP contribution >= 0.6 is 0 Å². The fourth-order valence-electron chi connectivity index (χ4n) is 10.6. The number of rotatable bonds is 9. The summed E-state index contributed by atoms with van der Waals surface area (Å²) in [5.74, 6) is -6.40. The summed E-state index contributed by atoms with van der Waals surface area (Å²) in [6.07, 6.45) is -7.71. The van der Waals surface area contributed by atoms with Gasteiger partial charge in [-0.3, -0.25) is 19.2 Å². The number of esters is 4. The second kappa shape index (κ2) is 16.7. The van der Waals surface area contributed by atoms with E-state index in [0.717, 1.165) is 26.2 Å². The number of amides is 1. The third-order valence-corrected chi connectivity index (χ3v) is 13.8. The minimum atomic E-state index is -2.33. The smallest absolute Gasteiger partial charge is 0.408 e. The molecule has 5 aliphatic rings. The number of Topliss-reactive ketones (excluding diaryl/α,β-unsaturated/α-hetero) is 1. The van der Waals surface area contributed by atoms with Gasteiger partial charge in [-0.1, -0.05) is 63.4 Å². The van der Waals surface area contributed by atoms with E-state index in [9.17, 15) is 39.3 Å². The average Bonchev–Trinajstić information content (AvgIpc) is 3.17. The maximum atomic E-state index is 15.5. The summed E-state index contributed by atoms with van der Waals surface area (Å²) >= 11 is 0. The van der Waals surface area contributed by atoms with Crippen molar-refractivity contribution in [3.63, 3.8) is 0 Å². The number of carbonyl (C=O) groups is 6. The SMILES string of the molecule is CC(=O)O[C@H]1C(=O)[C@@]2(C)C([C@H](OC(=O)C3CCCCC3)[C@]3(O)C[C@H](OC(=O)[C@H](O)[C@@H](NC(=O)OC(C)(C)C)c4ccccc4)C(C)=C1C3(C)C)[C@]1(OC(C)=O)CO[C@@H]1C[C@@H]2O. The van der Waals surface area contributed by atoms with Crippen LogP contribution in [0.5, 0.6) is 0 Å². The molecule has 1 aromatic carbocycles. The quantitative estimate of drug-likeness (QED) is 0.156. The van der Waals surface area contributed by atoms with Crippen LogP contribution in [0, 0.1) is 22.7 Å². The molecule has 0 aromatic heterocycles. The molecule has 336 valence electrons. The van der Waals surface area contributed by atoms with Crippen molar-refractivity contribution in [1.82, 2.24) is 5.32 Å². The molecule has 1 aliphatic heterocycles. The third-order valence-electron chi connectivity index (χ3n) is 13.8. The van der Waals surface area contributed by atoms with Gasteiger partial charge in [0.1, 0.15) is 29.5 Å². The Balaban J connectivity index is 1.52. The largest absolute Gasteiger partial charge is 0.459 e. The Kier molecular flexibility index (Phi) is 12.6.